The molecule has 1 aromatic heterocycles. The topological polar surface area (TPSA) is 88.4 Å². The Balaban J connectivity index is 1.57. The van der Waals surface area contributed by atoms with Crippen molar-refractivity contribution in [2.24, 2.45) is 4.99 Å². The lowest BCUT2D eigenvalue weighted by Crippen LogP contribution is -2.39. The number of hydrogen-bond acceptors (Lipinski definition) is 8. The maximum atomic E-state index is 14.0. The summed E-state index contributed by atoms with van der Waals surface area (Å²) in [6, 6.07) is 17.3. The number of aromatic nitrogens is 1. The third-order valence-corrected chi connectivity index (χ3v) is 8.33. The molecule has 4 aromatic rings. The number of esters is 1. The van der Waals surface area contributed by atoms with E-state index in [1.807, 2.05) is 50.2 Å². The highest BCUT2D eigenvalue weighted by molar-refractivity contribution is 7.07. The molecule has 1 aliphatic rings. The van der Waals surface area contributed by atoms with Gasteiger partial charge in [0.05, 0.1) is 46.5 Å². The first-order chi connectivity index (χ1) is 20.8. The van der Waals surface area contributed by atoms with E-state index in [4.69, 9.17) is 42.1 Å². The molecule has 3 aromatic carbocycles. The average molecular weight is 640 g/mol. The Morgan fingerprint density at radius 3 is 2.47 bits per heavy atom. The molecule has 1 aliphatic heterocycles. The molecular formula is C32H28Cl2N2O6S. The van der Waals surface area contributed by atoms with Gasteiger partial charge in [-0.25, -0.2) is 9.79 Å². The van der Waals surface area contributed by atoms with Gasteiger partial charge in [0.25, 0.3) is 5.56 Å². The van der Waals surface area contributed by atoms with Gasteiger partial charge in [0.2, 0.25) is 0 Å². The largest absolute Gasteiger partial charge is 0.490 e. The van der Waals surface area contributed by atoms with Crippen LogP contribution in [-0.4, -0.2) is 30.9 Å². The monoisotopic (exact) mass is 638 g/mol. The minimum atomic E-state index is -0.790. The average Bonchev–Trinajstić information content (AvgIpc) is 3.33. The molecule has 0 fully saturated rings. The number of fused-ring (bicyclic) bond motifs is 1. The van der Waals surface area contributed by atoms with Crippen molar-refractivity contribution >= 4 is 46.6 Å². The summed E-state index contributed by atoms with van der Waals surface area (Å²) in [4.78, 5) is 31.7. The van der Waals surface area contributed by atoms with E-state index in [0.717, 1.165) is 5.56 Å². The molecule has 0 radical (unpaired) electrons. The van der Waals surface area contributed by atoms with Crippen LogP contribution in [0.4, 0.5) is 0 Å². The molecule has 11 heteroatoms. The Bertz CT molecular complexity index is 1880. The number of thiazole rings is 1. The minimum Gasteiger partial charge on any atom is -0.490 e. The third kappa shape index (κ3) is 6.49. The van der Waals surface area contributed by atoms with Crippen LogP contribution in [0.1, 0.15) is 36.6 Å². The number of rotatable bonds is 10. The maximum Gasteiger partial charge on any atom is 0.337 e. The lowest BCUT2D eigenvalue weighted by Gasteiger charge is -2.23. The van der Waals surface area contributed by atoms with E-state index in [-0.39, 0.29) is 17.7 Å². The molecular weight excluding hydrogens is 611 g/mol. The van der Waals surface area contributed by atoms with Gasteiger partial charge in [-0.05, 0) is 61.4 Å². The molecule has 2 heterocycles. The highest BCUT2D eigenvalue weighted by atomic mass is 35.5. The normalized spacial score (nSPS) is 14.4. The fraction of sp³-hybridized carbons (Fsp3) is 0.219. The van der Waals surface area contributed by atoms with Gasteiger partial charge in [-0.1, -0.05) is 64.9 Å². The number of hydrogen-bond donors (Lipinski definition) is 0. The van der Waals surface area contributed by atoms with Crippen LogP contribution in [0.5, 0.6) is 17.2 Å². The zero-order valence-electron chi connectivity index (χ0n) is 23.6. The second kappa shape index (κ2) is 13.5. The van der Waals surface area contributed by atoms with Crippen LogP contribution in [0.15, 0.2) is 82.2 Å². The Hall–Kier alpha value is -4.05. The van der Waals surface area contributed by atoms with Crippen molar-refractivity contribution in [3.05, 3.63) is 119 Å². The summed E-state index contributed by atoms with van der Waals surface area (Å²) < 4.78 is 24.6. The SMILES string of the molecule is CCOc1ccc([C@H]2C(C(=O)OC)=CN=c3s/c(=C\c4ccccc4OCc4ccc(Cl)c(Cl)c4)c(=O)n32)cc1OCC. The lowest BCUT2D eigenvalue weighted by molar-refractivity contribution is -0.136. The zero-order valence-corrected chi connectivity index (χ0v) is 26.0. The van der Waals surface area contributed by atoms with E-state index in [1.165, 1.54) is 29.2 Å². The minimum absolute atomic E-state index is 0.221. The Kier molecular flexibility index (Phi) is 9.55. The Morgan fingerprint density at radius 1 is 0.953 bits per heavy atom. The second-order valence-electron chi connectivity index (χ2n) is 9.32. The third-order valence-electron chi connectivity index (χ3n) is 6.59. The van der Waals surface area contributed by atoms with Crippen LogP contribution in [0, 0.1) is 0 Å². The second-order valence-corrected chi connectivity index (χ2v) is 11.1. The van der Waals surface area contributed by atoms with Gasteiger partial charge in [-0.3, -0.25) is 9.36 Å². The smallest absolute Gasteiger partial charge is 0.337 e. The van der Waals surface area contributed by atoms with Crippen molar-refractivity contribution in [1.29, 1.82) is 0 Å². The van der Waals surface area contributed by atoms with Crippen molar-refractivity contribution in [3.63, 3.8) is 0 Å². The van der Waals surface area contributed by atoms with E-state index >= 15 is 0 Å². The summed E-state index contributed by atoms with van der Waals surface area (Å²) in [5, 5.41) is 0.910. The molecule has 0 unspecified atom stereocenters. The van der Waals surface area contributed by atoms with Crippen molar-refractivity contribution < 1.29 is 23.7 Å². The molecule has 5 rings (SSSR count). The van der Waals surface area contributed by atoms with Crippen molar-refractivity contribution in [3.8, 4) is 17.2 Å². The summed E-state index contributed by atoms with van der Waals surface area (Å²) in [5.74, 6) is 1.08. The molecule has 0 saturated carbocycles. The van der Waals surface area contributed by atoms with Gasteiger partial charge in [0.1, 0.15) is 12.4 Å². The zero-order chi connectivity index (χ0) is 30.5. The van der Waals surface area contributed by atoms with Gasteiger partial charge >= 0.3 is 5.97 Å². The molecule has 0 amide bonds. The molecule has 43 heavy (non-hydrogen) atoms. The highest BCUT2D eigenvalue weighted by Gasteiger charge is 2.31. The van der Waals surface area contributed by atoms with Crippen LogP contribution in [0.25, 0.3) is 6.08 Å². The number of carbonyl (C=O) groups excluding carboxylic acids is 1. The van der Waals surface area contributed by atoms with Gasteiger partial charge in [-0.2, -0.15) is 0 Å². The molecule has 0 bridgehead atoms. The van der Waals surface area contributed by atoms with Crippen LogP contribution < -0.4 is 29.1 Å². The fourth-order valence-electron chi connectivity index (χ4n) is 4.65. The fourth-order valence-corrected chi connectivity index (χ4v) is 5.93. The number of benzene rings is 3. The van der Waals surface area contributed by atoms with E-state index in [0.29, 0.717) is 61.0 Å². The predicted octanol–water partition coefficient (Wildman–Crippen LogP) is 5.70. The Labute approximate surface area is 262 Å². The summed E-state index contributed by atoms with van der Waals surface area (Å²) in [6.07, 6.45) is 3.22. The number of nitrogens with zero attached hydrogens (tertiary/aromatic N) is 2. The van der Waals surface area contributed by atoms with Crippen molar-refractivity contribution in [2.45, 2.75) is 26.5 Å². The molecule has 8 nitrogen and oxygen atoms in total. The standard InChI is InChI=1S/C32H28Cl2N2O6S/c1-4-40-26-13-11-21(15-27(26)41-5-2)29-22(31(38)39-3)17-35-32-36(29)30(37)28(43-32)16-20-8-6-7-9-25(20)42-18-19-10-12-23(33)24(34)14-19/h6-17,29H,4-5,18H2,1-3H3/b28-16-/t29-/m0/s1. The summed E-state index contributed by atoms with van der Waals surface area (Å²) in [5.41, 5.74) is 2.11. The van der Waals surface area contributed by atoms with Crippen molar-refractivity contribution in [2.75, 3.05) is 20.3 Å². The van der Waals surface area contributed by atoms with Gasteiger partial charge in [0, 0.05) is 11.8 Å². The van der Waals surface area contributed by atoms with Crippen molar-refractivity contribution in [1.82, 2.24) is 4.57 Å². The summed E-state index contributed by atoms with van der Waals surface area (Å²) in [7, 11) is 1.30. The molecule has 0 N–H and O–H groups in total. The molecule has 0 aliphatic carbocycles. The number of para-hydroxylation sites is 1. The highest BCUT2D eigenvalue weighted by Crippen LogP contribution is 2.35. The lowest BCUT2D eigenvalue weighted by atomic mass is 9.97. The van der Waals surface area contributed by atoms with E-state index in [9.17, 15) is 9.59 Å². The van der Waals surface area contributed by atoms with Crippen LogP contribution in [0.2, 0.25) is 10.0 Å². The van der Waals surface area contributed by atoms with E-state index in [2.05, 4.69) is 4.99 Å². The van der Waals surface area contributed by atoms with Gasteiger partial charge in [0.15, 0.2) is 16.3 Å². The number of ether oxygens (including phenoxy) is 4. The molecule has 0 saturated heterocycles. The first-order valence-electron chi connectivity index (χ1n) is 13.5. The summed E-state index contributed by atoms with van der Waals surface area (Å²) >= 11 is 13.4. The summed E-state index contributed by atoms with van der Waals surface area (Å²) in [6.45, 7) is 4.89. The van der Waals surface area contributed by atoms with Gasteiger partial charge in [-0.15, -0.1) is 0 Å². The molecule has 1 atom stereocenters. The number of halogens is 2. The Morgan fingerprint density at radius 2 is 1.72 bits per heavy atom. The first kappa shape index (κ1) is 30.4. The maximum absolute atomic E-state index is 14.0. The van der Waals surface area contributed by atoms with Crippen LogP contribution in [0.3, 0.4) is 0 Å². The van der Waals surface area contributed by atoms with Gasteiger partial charge < -0.3 is 18.9 Å². The van der Waals surface area contributed by atoms with Crippen LogP contribution >= 0.6 is 34.5 Å². The predicted molar refractivity (Wildman–Crippen MR) is 167 cm³/mol. The number of carbonyl (C=O) groups is 1. The first-order valence-corrected chi connectivity index (χ1v) is 15.1. The van der Waals surface area contributed by atoms with E-state index < -0.39 is 12.0 Å². The van der Waals surface area contributed by atoms with E-state index in [1.54, 1.807) is 30.3 Å². The number of methoxy groups -OCH3 is 1. The quantitative estimate of drug-likeness (QED) is 0.207. The molecule has 0 spiro atoms. The molecule has 222 valence electrons. The van der Waals surface area contributed by atoms with Crippen LogP contribution in [-0.2, 0) is 16.1 Å².